The maximum absolute atomic E-state index is 12.3. The van der Waals surface area contributed by atoms with Crippen LogP contribution in [0.5, 0.6) is 5.75 Å². The van der Waals surface area contributed by atoms with Crippen molar-refractivity contribution < 1.29 is 14.3 Å². The first-order valence-electron chi connectivity index (χ1n) is 6.71. The highest BCUT2D eigenvalue weighted by molar-refractivity contribution is 5.94. The van der Waals surface area contributed by atoms with Gasteiger partial charge < -0.3 is 14.4 Å². The molecule has 0 spiro atoms. The molecule has 0 aliphatic carbocycles. The second-order valence-electron chi connectivity index (χ2n) is 4.14. The standard InChI is InChI=1S/C15H23NO3/c1-5-16(6-2)15(17)12-8-9-14(18-4)13(10-12)11-19-7-3/h8-10H,5-7,11H2,1-4H3. The van der Waals surface area contributed by atoms with Gasteiger partial charge in [0, 0.05) is 30.8 Å². The third-order valence-electron chi connectivity index (χ3n) is 3.04. The number of nitrogens with zero attached hydrogens (tertiary/aromatic N) is 1. The number of rotatable bonds is 7. The van der Waals surface area contributed by atoms with Gasteiger partial charge in [0.15, 0.2) is 0 Å². The Morgan fingerprint density at radius 2 is 1.89 bits per heavy atom. The summed E-state index contributed by atoms with van der Waals surface area (Å²) in [6, 6.07) is 5.48. The first-order valence-corrected chi connectivity index (χ1v) is 6.71. The normalized spacial score (nSPS) is 10.3. The lowest BCUT2D eigenvalue weighted by Gasteiger charge is -2.19. The van der Waals surface area contributed by atoms with Gasteiger partial charge in [-0.15, -0.1) is 0 Å². The lowest BCUT2D eigenvalue weighted by atomic mass is 10.1. The van der Waals surface area contributed by atoms with Crippen molar-refractivity contribution in [2.45, 2.75) is 27.4 Å². The van der Waals surface area contributed by atoms with Crippen molar-refractivity contribution in [3.05, 3.63) is 29.3 Å². The highest BCUT2D eigenvalue weighted by Gasteiger charge is 2.14. The van der Waals surface area contributed by atoms with E-state index in [1.165, 1.54) is 0 Å². The molecule has 19 heavy (non-hydrogen) atoms. The molecule has 0 aliphatic heterocycles. The van der Waals surface area contributed by atoms with E-state index in [-0.39, 0.29) is 5.91 Å². The van der Waals surface area contributed by atoms with Crippen molar-refractivity contribution in [1.29, 1.82) is 0 Å². The van der Waals surface area contributed by atoms with Crippen LogP contribution in [-0.2, 0) is 11.3 Å². The zero-order valence-electron chi connectivity index (χ0n) is 12.2. The van der Waals surface area contributed by atoms with E-state index in [0.717, 1.165) is 11.3 Å². The van der Waals surface area contributed by atoms with Gasteiger partial charge in [0.25, 0.3) is 5.91 Å². The fourth-order valence-electron chi connectivity index (χ4n) is 1.93. The molecule has 1 aromatic rings. The number of ether oxygens (including phenoxy) is 2. The van der Waals surface area contributed by atoms with Gasteiger partial charge >= 0.3 is 0 Å². The molecule has 4 nitrogen and oxygen atoms in total. The van der Waals surface area contributed by atoms with Gasteiger partial charge in [0.2, 0.25) is 0 Å². The summed E-state index contributed by atoms with van der Waals surface area (Å²) in [5.74, 6) is 0.801. The molecule has 0 saturated heterocycles. The van der Waals surface area contributed by atoms with Crippen molar-refractivity contribution in [2.75, 3.05) is 26.8 Å². The number of carbonyl (C=O) groups is 1. The number of carbonyl (C=O) groups excluding carboxylic acids is 1. The number of amides is 1. The highest BCUT2D eigenvalue weighted by Crippen LogP contribution is 2.21. The Labute approximate surface area is 115 Å². The first-order chi connectivity index (χ1) is 9.17. The van der Waals surface area contributed by atoms with Crippen LogP contribution in [0.1, 0.15) is 36.7 Å². The molecule has 0 saturated carbocycles. The van der Waals surface area contributed by atoms with Crippen LogP contribution in [0.15, 0.2) is 18.2 Å². The molecule has 0 fully saturated rings. The van der Waals surface area contributed by atoms with Gasteiger partial charge in [-0.05, 0) is 39.0 Å². The smallest absolute Gasteiger partial charge is 0.253 e. The first kappa shape index (κ1) is 15.5. The number of hydrogen-bond donors (Lipinski definition) is 0. The van der Waals surface area contributed by atoms with Crippen LogP contribution < -0.4 is 4.74 Å². The van der Waals surface area contributed by atoms with Crippen molar-refractivity contribution in [1.82, 2.24) is 4.90 Å². The molecule has 0 aromatic heterocycles. The van der Waals surface area contributed by atoms with Crippen LogP contribution in [0.3, 0.4) is 0 Å². The van der Waals surface area contributed by atoms with Crippen molar-refractivity contribution in [3.8, 4) is 5.75 Å². The van der Waals surface area contributed by atoms with Crippen LogP contribution in [0.2, 0.25) is 0 Å². The van der Waals surface area contributed by atoms with E-state index in [4.69, 9.17) is 9.47 Å². The van der Waals surface area contributed by atoms with Crippen LogP contribution in [0.4, 0.5) is 0 Å². The maximum Gasteiger partial charge on any atom is 0.253 e. The molecule has 1 rings (SSSR count). The SMILES string of the molecule is CCOCc1cc(C(=O)N(CC)CC)ccc1OC. The summed E-state index contributed by atoms with van der Waals surface area (Å²) in [6.45, 7) is 8.41. The Hall–Kier alpha value is -1.55. The van der Waals surface area contributed by atoms with Gasteiger partial charge in [-0.2, -0.15) is 0 Å². The van der Waals surface area contributed by atoms with Crippen molar-refractivity contribution >= 4 is 5.91 Å². The van der Waals surface area contributed by atoms with Crippen LogP contribution in [-0.4, -0.2) is 37.6 Å². The monoisotopic (exact) mass is 265 g/mol. The van der Waals surface area contributed by atoms with E-state index in [9.17, 15) is 4.79 Å². The average Bonchev–Trinajstić information content (AvgIpc) is 2.45. The van der Waals surface area contributed by atoms with Gasteiger partial charge in [-0.25, -0.2) is 0 Å². The molecular weight excluding hydrogens is 242 g/mol. The predicted molar refractivity (Wildman–Crippen MR) is 75.6 cm³/mol. The maximum atomic E-state index is 12.3. The summed E-state index contributed by atoms with van der Waals surface area (Å²) < 4.78 is 10.7. The molecule has 0 aliphatic rings. The van der Waals surface area contributed by atoms with E-state index in [0.29, 0.717) is 31.9 Å². The van der Waals surface area contributed by atoms with Gasteiger partial charge in [-0.1, -0.05) is 0 Å². The molecule has 0 unspecified atom stereocenters. The molecular formula is C15H23NO3. The zero-order chi connectivity index (χ0) is 14.3. The number of methoxy groups -OCH3 is 1. The molecule has 0 N–H and O–H groups in total. The van der Waals surface area contributed by atoms with Gasteiger partial charge in [0.05, 0.1) is 13.7 Å². The second-order valence-corrected chi connectivity index (χ2v) is 4.14. The summed E-state index contributed by atoms with van der Waals surface area (Å²) in [5, 5.41) is 0. The predicted octanol–water partition coefficient (Wildman–Crippen LogP) is 2.71. The molecule has 4 heteroatoms. The fourth-order valence-corrected chi connectivity index (χ4v) is 1.93. The molecule has 1 aromatic carbocycles. The van der Waals surface area contributed by atoms with E-state index in [1.807, 2.05) is 32.9 Å². The highest BCUT2D eigenvalue weighted by atomic mass is 16.5. The molecule has 0 bridgehead atoms. The quantitative estimate of drug-likeness (QED) is 0.761. The molecule has 0 radical (unpaired) electrons. The Morgan fingerprint density at radius 3 is 2.42 bits per heavy atom. The van der Waals surface area contributed by atoms with Crippen LogP contribution >= 0.6 is 0 Å². The Morgan fingerprint density at radius 1 is 1.21 bits per heavy atom. The Bertz CT molecular complexity index is 414. The molecule has 0 heterocycles. The third kappa shape index (κ3) is 3.96. The zero-order valence-corrected chi connectivity index (χ0v) is 12.2. The number of hydrogen-bond acceptors (Lipinski definition) is 3. The Balaban J connectivity index is 2.99. The summed E-state index contributed by atoms with van der Waals surface area (Å²) in [6.07, 6.45) is 0. The topological polar surface area (TPSA) is 38.8 Å². The largest absolute Gasteiger partial charge is 0.496 e. The summed E-state index contributed by atoms with van der Waals surface area (Å²) in [4.78, 5) is 14.1. The minimum Gasteiger partial charge on any atom is -0.496 e. The second kappa shape index (κ2) is 7.79. The van der Waals surface area contributed by atoms with E-state index >= 15 is 0 Å². The lowest BCUT2D eigenvalue weighted by Crippen LogP contribution is -2.30. The minimum atomic E-state index is 0.0467. The summed E-state index contributed by atoms with van der Waals surface area (Å²) in [5.41, 5.74) is 1.58. The van der Waals surface area contributed by atoms with E-state index in [1.54, 1.807) is 18.1 Å². The number of benzene rings is 1. The molecule has 0 atom stereocenters. The van der Waals surface area contributed by atoms with E-state index < -0.39 is 0 Å². The van der Waals surface area contributed by atoms with Gasteiger partial charge in [-0.3, -0.25) is 4.79 Å². The van der Waals surface area contributed by atoms with Crippen LogP contribution in [0.25, 0.3) is 0 Å². The minimum absolute atomic E-state index is 0.0467. The molecule has 106 valence electrons. The van der Waals surface area contributed by atoms with Crippen molar-refractivity contribution in [2.24, 2.45) is 0 Å². The van der Waals surface area contributed by atoms with Gasteiger partial charge in [0.1, 0.15) is 5.75 Å². The average molecular weight is 265 g/mol. The fraction of sp³-hybridized carbons (Fsp3) is 0.533. The van der Waals surface area contributed by atoms with E-state index in [2.05, 4.69) is 0 Å². The third-order valence-corrected chi connectivity index (χ3v) is 3.04. The summed E-state index contributed by atoms with van der Waals surface area (Å²) >= 11 is 0. The van der Waals surface area contributed by atoms with Crippen molar-refractivity contribution in [3.63, 3.8) is 0 Å². The molecule has 1 amide bonds. The Kier molecular flexibility index (Phi) is 6.36. The lowest BCUT2D eigenvalue weighted by molar-refractivity contribution is 0.0772. The van der Waals surface area contributed by atoms with Crippen LogP contribution in [0, 0.1) is 0 Å². The summed E-state index contributed by atoms with van der Waals surface area (Å²) in [7, 11) is 1.62.